The highest BCUT2D eigenvalue weighted by atomic mass is 35.5. The largest absolute Gasteiger partial charge is 0.493 e. The van der Waals surface area contributed by atoms with Gasteiger partial charge in [0.05, 0.1) is 18.1 Å². The van der Waals surface area contributed by atoms with Gasteiger partial charge >= 0.3 is 0 Å². The van der Waals surface area contributed by atoms with Gasteiger partial charge in [-0.05, 0) is 74.7 Å². The molecule has 0 radical (unpaired) electrons. The number of anilines is 2. The Balaban J connectivity index is 1.59. The Labute approximate surface area is 231 Å². The Morgan fingerprint density at radius 3 is 2.64 bits per heavy atom. The molecule has 0 saturated carbocycles. The number of rotatable bonds is 4. The van der Waals surface area contributed by atoms with Crippen molar-refractivity contribution in [3.8, 4) is 5.75 Å². The maximum atomic E-state index is 14.8. The van der Waals surface area contributed by atoms with E-state index in [1.54, 1.807) is 18.2 Å². The molecule has 2 amide bonds. The van der Waals surface area contributed by atoms with Crippen LogP contribution in [0, 0.1) is 12.8 Å². The van der Waals surface area contributed by atoms with Crippen molar-refractivity contribution in [1.82, 2.24) is 4.90 Å². The number of hydrogen-bond donors (Lipinski definition) is 2. The highest BCUT2D eigenvalue weighted by molar-refractivity contribution is 6.31. The van der Waals surface area contributed by atoms with Crippen molar-refractivity contribution >= 4 is 40.6 Å². The SMILES string of the molecule is CCOc1ccccc1C(=O)[C@@H]1[C@H]2CCCN2[C@@]2(C(=O)Nc3c(C)cc(Cl)cc32)[C@]12C(=O)Nc1ccccc12. The number of nitrogens with zero attached hydrogens (tertiary/aromatic N) is 1. The summed E-state index contributed by atoms with van der Waals surface area (Å²) in [6.07, 6.45) is 1.50. The number of amides is 2. The number of Topliss-reactive ketones (excluding diaryl/α,β-unsaturated/α-hetero) is 1. The van der Waals surface area contributed by atoms with Crippen LogP contribution in [0.1, 0.15) is 46.8 Å². The summed E-state index contributed by atoms with van der Waals surface area (Å²) in [6.45, 7) is 4.75. The number of para-hydroxylation sites is 2. The molecule has 3 aromatic rings. The van der Waals surface area contributed by atoms with E-state index in [1.807, 2.05) is 56.3 Å². The van der Waals surface area contributed by atoms with E-state index in [4.69, 9.17) is 16.3 Å². The van der Waals surface area contributed by atoms with Crippen LogP contribution in [0.5, 0.6) is 5.75 Å². The van der Waals surface area contributed by atoms with E-state index in [0.29, 0.717) is 58.4 Å². The highest BCUT2D eigenvalue weighted by Crippen LogP contribution is 2.68. The zero-order valence-corrected chi connectivity index (χ0v) is 22.5. The minimum atomic E-state index is -1.52. The molecule has 2 saturated heterocycles. The van der Waals surface area contributed by atoms with E-state index in [0.717, 1.165) is 12.0 Å². The predicted octanol–water partition coefficient (Wildman–Crippen LogP) is 5.06. The van der Waals surface area contributed by atoms with Crippen molar-refractivity contribution in [2.75, 3.05) is 23.8 Å². The number of halogens is 1. The van der Waals surface area contributed by atoms with E-state index < -0.39 is 16.9 Å². The third-order valence-electron chi connectivity index (χ3n) is 9.10. The van der Waals surface area contributed by atoms with Gasteiger partial charge in [-0.15, -0.1) is 0 Å². The second-order valence-corrected chi connectivity index (χ2v) is 11.2. The Morgan fingerprint density at radius 2 is 1.82 bits per heavy atom. The number of benzene rings is 3. The van der Waals surface area contributed by atoms with E-state index in [1.165, 1.54) is 0 Å². The van der Waals surface area contributed by atoms with Gasteiger partial charge in [0.25, 0.3) is 5.91 Å². The van der Waals surface area contributed by atoms with Gasteiger partial charge < -0.3 is 15.4 Å². The number of ketones is 1. The number of fused-ring (bicyclic) bond motifs is 7. The molecule has 4 aliphatic rings. The number of hydrogen-bond acceptors (Lipinski definition) is 5. The standard InChI is InChI=1S/C31H28ClN3O4/c1-3-39-24-13-7-4-9-19(24)27(36)25-23-12-8-14-35(23)31(21-16-18(32)15-17(2)26(21)34-29(31)38)30(25)20-10-5-6-11-22(20)33-28(30)37/h4-7,9-11,13,15-16,23,25H,3,8,12,14H2,1-2H3,(H,33,37)(H,34,38)/t23-,25+,30+,31+/m1/s1. The Kier molecular flexibility index (Phi) is 5.25. The lowest BCUT2D eigenvalue weighted by atomic mass is 9.57. The third kappa shape index (κ3) is 2.84. The predicted molar refractivity (Wildman–Crippen MR) is 148 cm³/mol. The molecule has 0 aromatic heterocycles. The van der Waals surface area contributed by atoms with Gasteiger partial charge in [-0.1, -0.05) is 41.9 Å². The molecule has 3 aromatic carbocycles. The van der Waals surface area contributed by atoms with E-state index in [2.05, 4.69) is 15.5 Å². The molecule has 0 unspecified atom stereocenters. The fourth-order valence-electron chi connectivity index (χ4n) is 7.93. The van der Waals surface area contributed by atoms with Crippen LogP contribution in [-0.4, -0.2) is 41.7 Å². The number of carbonyl (C=O) groups is 3. The summed E-state index contributed by atoms with van der Waals surface area (Å²) in [4.78, 5) is 46.1. The molecule has 198 valence electrons. The molecule has 2 spiro atoms. The zero-order chi connectivity index (χ0) is 27.1. The number of ether oxygens (including phenoxy) is 1. The molecule has 2 N–H and O–H groups in total. The summed E-state index contributed by atoms with van der Waals surface area (Å²) in [5.74, 6) is -1.19. The van der Waals surface area contributed by atoms with Gasteiger partial charge in [-0.25, -0.2) is 0 Å². The average Bonchev–Trinajstić information content (AvgIpc) is 3.64. The Morgan fingerprint density at radius 1 is 1.05 bits per heavy atom. The van der Waals surface area contributed by atoms with Crippen molar-refractivity contribution in [3.63, 3.8) is 0 Å². The fourth-order valence-corrected chi connectivity index (χ4v) is 8.20. The lowest BCUT2D eigenvalue weighted by molar-refractivity contribution is -0.137. The molecular weight excluding hydrogens is 514 g/mol. The Bertz CT molecular complexity index is 1590. The van der Waals surface area contributed by atoms with Gasteiger partial charge in [0.2, 0.25) is 5.91 Å². The maximum Gasteiger partial charge on any atom is 0.251 e. The van der Waals surface area contributed by atoms with Crippen LogP contribution in [-0.2, 0) is 20.5 Å². The van der Waals surface area contributed by atoms with Gasteiger partial charge in [0.15, 0.2) is 5.78 Å². The summed E-state index contributed by atoms with van der Waals surface area (Å²) in [5.41, 5.74) is 0.881. The van der Waals surface area contributed by atoms with Crippen molar-refractivity contribution in [2.45, 2.75) is 43.7 Å². The van der Waals surface area contributed by atoms with Crippen molar-refractivity contribution in [3.05, 3.63) is 87.9 Å². The molecule has 39 heavy (non-hydrogen) atoms. The quantitative estimate of drug-likeness (QED) is 0.451. The lowest BCUT2D eigenvalue weighted by Crippen LogP contribution is -2.62. The van der Waals surface area contributed by atoms with Crippen LogP contribution >= 0.6 is 11.6 Å². The second kappa shape index (κ2) is 8.41. The first-order valence-electron chi connectivity index (χ1n) is 13.4. The van der Waals surface area contributed by atoms with Crippen molar-refractivity contribution < 1.29 is 19.1 Å². The topological polar surface area (TPSA) is 87.7 Å². The monoisotopic (exact) mass is 541 g/mol. The first-order chi connectivity index (χ1) is 18.9. The van der Waals surface area contributed by atoms with Crippen LogP contribution in [0.3, 0.4) is 0 Å². The van der Waals surface area contributed by atoms with Crippen molar-refractivity contribution in [1.29, 1.82) is 0 Å². The number of carbonyl (C=O) groups excluding carboxylic acids is 3. The van der Waals surface area contributed by atoms with Gasteiger partial charge in [0.1, 0.15) is 16.7 Å². The van der Waals surface area contributed by atoms with Crippen LogP contribution in [0.4, 0.5) is 11.4 Å². The van der Waals surface area contributed by atoms with E-state index in [-0.39, 0.29) is 23.6 Å². The summed E-state index contributed by atoms with van der Waals surface area (Å²) >= 11 is 6.62. The molecule has 4 atom stereocenters. The second-order valence-electron chi connectivity index (χ2n) is 10.8. The maximum absolute atomic E-state index is 14.8. The Hall–Kier alpha value is -3.68. The fraction of sp³-hybridized carbons (Fsp3) is 0.323. The highest BCUT2D eigenvalue weighted by Gasteiger charge is 2.81. The minimum Gasteiger partial charge on any atom is -0.493 e. The number of nitrogens with one attached hydrogen (secondary N) is 2. The summed E-state index contributed by atoms with van der Waals surface area (Å²) in [7, 11) is 0. The van der Waals surface area contributed by atoms with Crippen LogP contribution in [0.25, 0.3) is 0 Å². The van der Waals surface area contributed by atoms with E-state index in [9.17, 15) is 14.4 Å². The summed E-state index contributed by atoms with van der Waals surface area (Å²) in [6, 6.07) is 17.9. The molecule has 7 rings (SSSR count). The first-order valence-corrected chi connectivity index (χ1v) is 13.8. The molecule has 0 bridgehead atoms. The van der Waals surface area contributed by atoms with Gasteiger partial charge in [0, 0.05) is 28.0 Å². The normalized spacial score (nSPS) is 28.4. The van der Waals surface area contributed by atoms with Crippen molar-refractivity contribution in [2.24, 2.45) is 5.92 Å². The van der Waals surface area contributed by atoms with Gasteiger partial charge in [-0.2, -0.15) is 0 Å². The average molecular weight is 542 g/mol. The molecule has 7 nitrogen and oxygen atoms in total. The summed E-state index contributed by atoms with van der Waals surface area (Å²) in [5, 5.41) is 6.66. The van der Waals surface area contributed by atoms with Crippen LogP contribution < -0.4 is 15.4 Å². The molecule has 8 heteroatoms. The van der Waals surface area contributed by atoms with Gasteiger partial charge in [-0.3, -0.25) is 19.3 Å². The third-order valence-corrected chi connectivity index (χ3v) is 9.32. The molecule has 4 heterocycles. The minimum absolute atomic E-state index is 0.195. The molecule has 2 fully saturated rings. The molecule has 4 aliphatic heterocycles. The molecular formula is C31H28ClN3O4. The smallest absolute Gasteiger partial charge is 0.251 e. The van der Waals surface area contributed by atoms with E-state index >= 15 is 0 Å². The summed E-state index contributed by atoms with van der Waals surface area (Å²) < 4.78 is 5.87. The first kappa shape index (κ1) is 24.4. The zero-order valence-electron chi connectivity index (χ0n) is 21.7. The lowest BCUT2D eigenvalue weighted by Gasteiger charge is -2.43. The molecule has 0 aliphatic carbocycles. The van der Waals surface area contributed by atoms with Crippen LogP contribution in [0.2, 0.25) is 5.02 Å². The van der Waals surface area contributed by atoms with Crippen LogP contribution in [0.15, 0.2) is 60.7 Å². The number of aryl methyl sites for hydroxylation is 1.